The van der Waals surface area contributed by atoms with Crippen molar-refractivity contribution in [3.63, 3.8) is 0 Å². The second-order valence-corrected chi connectivity index (χ2v) is 8.92. The van der Waals surface area contributed by atoms with Crippen LogP contribution in [0.3, 0.4) is 0 Å². The Balaban J connectivity index is 1.25. The van der Waals surface area contributed by atoms with E-state index in [9.17, 15) is 4.79 Å². The van der Waals surface area contributed by atoms with Gasteiger partial charge in [-0.25, -0.2) is 0 Å². The Hall–Kier alpha value is -2.39. The second-order valence-electron chi connectivity index (χ2n) is 8.92. The number of fused-ring (bicyclic) bond motifs is 2. The molecule has 3 aliphatic rings. The van der Waals surface area contributed by atoms with E-state index in [0.29, 0.717) is 0 Å². The Morgan fingerprint density at radius 1 is 0.828 bits per heavy atom. The Morgan fingerprint density at radius 3 is 1.97 bits per heavy atom. The van der Waals surface area contributed by atoms with Crippen molar-refractivity contribution in [3.05, 3.63) is 83.9 Å². The van der Waals surface area contributed by atoms with Gasteiger partial charge in [0.15, 0.2) is 0 Å². The van der Waals surface area contributed by atoms with Crippen molar-refractivity contribution in [2.45, 2.75) is 18.8 Å². The van der Waals surface area contributed by atoms with E-state index < -0.39 is 0 Å². The maximum Gasteiger partial charge on any atom is 0.234 e. The van der Waals surface area contributed by atoms with Crippen molar-refractivity contribution >= 4 is 5.91 Å². The molecule has 2 fully saturated rings. The fourth-order valence-corrected chi connectivity index (χ4v) is 5.54. The SMILES string of the molecule is O=C(C(c1ccccc1)c1ccccc1)N1CCN(C[C@H]2C[C@H]3C=C[C@H]2C3)CC1. The lowest BCUT2D eigenvalue weighted by Gasteiger charge is -2.38. The first kappa shape index (κ1) is 18.6. The highest BCUT2D eigenvalue weighted by Crippen LogP contribution is 2.43. The number of amides is 1. The lowest BCUT2D eigenvalue weighted by Crippen LogP contribution is -2.51. The molecule has 2 aromatic rings. The zero-order valence-corrected chi connectivity index (χ0v) is 17.0. The number of piperazine rings is 1. The van der Waals surface area contributed by atoms with Crippen LogP contribution < -0.4 is 0 Å². The van der Waals surface area contributed by atoms with E-state index in [1.54, 1.807) is 0 Å². The van der Waals surface area contributed by atoms with Crippen LogP contribution >= 0.6 is 0 Å². The summed E-state index contributed by atoms with van der Waals surface area (Å²) in [6, 6.07) is 20.5. The minimum absolute atomic E-state index is 0.209. The van der Waals surface area contributed by atoms with E-state index in [2.05, 4.69) is 46.2 Å². The van der Waals surface area contributed by atoms with Crippen molar-refractivity contribution in [2.24, 2.45) is 17.8 Å². The van der Waals surface area contributed by atoms with Gasteiger partial charge in [0.1, 0.15) is 0 Å². The summed E-state index contributed by atoms with van der Waals surface area (Å²) in [5, 5.41) is 0. The molecule has 0 N–H and O–H groups in total. The third-order valence-corrected chi connectivity index (χ3v) is 7.11. The number of hydrogen-bond acceptors (Lipinski definition) is 2. The van der Waals surface area contributed by atoms with Crippen molar-refractivity contribution in [2.75, 3.05) is 32.7 Å². The van der Waals surface area contributed by atoms with Gasteiger partial charge in [-0.15, -0.1) is 0 Å². The largest absolute Gasteiger partial charge is 0.339 e. The summed E-state index contributed by atoms with van der Waals surface area (Å²) in [5.74, 6) is 2.50. The molecule has 1 saturated carbocycles. The van der Waals surface area contributed by atoms with Gasteiger partial charge in [-0.2, -0.15) is 0 Å². The van der Waals surface area contributed by atoms with E-state index in [4.69, 9.17) is 0 Å². The smallest absolute Gasteiger partial charge is 0.234 e. The maximum atomic E-state index is 13.6. The zero-order chi connectivity index (χ0) is 19.6. The summed E-state index contributed by atoms with van der Waals surface area (Å²) in [6.45, 7) is 4.88. The first-order chi connectivity index (χ1) is 14.3. The molecular weight excluding hydrogens is 356 g/mol. The van der Waals surface area contributed by atoms with Crippen molar-refractivity contribution in [3.8, 4) is 0 Å². The van der Waals surface area contributed by atoms with E-state index in [-0.39, 0.29) is 11.8 Å². The molecular formula is C26H30N2O. The lowest BCUT2D eigenvalue weighted by molar-refractivity contribution is -0.133. The highest BCUT2D eigenvalue weighted by molar-refractivity contribution is 5.87. The van der Waals surface area contributed by atoms with E-state index in [0.717, 1.165) is 55.1 Å². The first-order valence-corrected chi connectivity index (χ1v) is 11.1. The Labute approximate surface area is 174 Å². The highest BCUT2D eigenvalue weighted by Gasteiger charge is 2.37. The number of carbonyl (C=O) groups excluding carboxylic acids is 1. The Kier molecular flexibility index (Phi) is 5.24. The maximum absolute atomic E-state index is 13.6. The quantitative estimate of drug-likeness (QED) is 0.720. The lowest BCUT2D eigenvalue weighted by atomic mass is 9.89. The molecule has 1 heterocycles. The number of allylic oxidation sites excluding steroid dienone is 2. The van der Waals surface area contributed by atoms with Crippen LogP contribution in [0.1, 0.15) is 29.9 Å². The molecule has 29 heavy (non-hydrogen) atoms. The summed E-state index contributed by atoms with van der Waals surface area (Å²) < 4.78 is 0. The fraction of sp³-hybridized carbons (Fsp3) is 0.423. The summed E-state index contributed by atoms with van der Waals surface area (Å²) in [5.41, 5.74) is 2.17. The number of hydrogen-bond donors (Lipinski definition) is 0. The summed E-state index contributed by atoms with van der Waals surface area (Å²) in [7, 11) is 0. The molecule has 1 amide bonds. The molecule has 0 radical (unpaired) electrons. The van der Waals surface area contributed by atoms with Crippen molar-refractivity contribution in [1.29, 1.82) is 0 Å². The average Bonchev–Trinajstić information content (AvgIpc) is 3.39. The van der Waals surface area contributed by atoms with Crippen molar-refractivity contribution < 1.29 is 4.79 Å². The van der Waals surface area contributed by atoms with Crippen LogP contribution in [0.4, 0.5) is 0 Å². The summed E-state index contributed by atoms with van der Waals surface area (Å²) in [6.07, 6.45) is 7.61. The molecule has 2 aliphatic carbocycles. The van der Waals surface area contributed by atoms with Gasteiger partial charge >= 0.3 is 0 Å². The minimum atomic E-state index is -0.209. The van der Waals surface area contributed by atoms with Crippen LogP contribution in [0.5, 0.6) is 0 Å². The molecule has 2 bridgehead atoms. The molecule has 1 aliphatic heterocycles. The predicted molar refractivity (Wildman–Crippen MR) is 117 cm³/mol. The van der Waals surface area contributed by atoms with Gasteiger partial charge in [-0.3, -0.25) is 9.69 Å². The predicted octanol–water partition coefficient (Wildman–Crippen LogP) is 4.17. The molecule has 3 atom stereocenters. The number of nitrogens with zero attached hydrogens (tertiary/aromatic N) is 2. The van der Waals surface area contributed by atoms with Crippen LogP contribution in [0.25, 0.3) is 0 Å². The number of benzene rings is 2. The average molecular weight is 387 g/mol. The molecule has 3 heteroatoms. The van der Waals surface area contributed by atoms with Crippen molar-refractivity contribution in [1.82, 2.24) is 9.80 Å². The molecule has 1 saturated heterocycles. The van der Waals surface area contributed by atoms with Gasteiger partial charge in [0.05, 0.1) is 5.92 Å². The van der Waals surface area contributed by atoms with Crippen LogP contribution in [-0.2, 0) is 4.79 Å². The molecule has 0 aromatic heterocycles. The van der Waals surface area contributed by atoms with Crippen LogP contribution in [0.2, 0.25) is 0 Å². The van der Waals surface area contributed by atoms with Crippen LogP contribution in [0, 0.1) is 17.8 Å². The van der Waals surface area contributed by atoms with E-state index in [1.165, 1.54) is 19.4 Å². The third-order valence-electron chi connectivity index (χ3n) is 7.11. The summed E-state index contributed by atoms with van der Waals surface area (Å²) in [4.78, 5) is 18.2. The molecule has 2 aromatic carbocycles. The molecule has 3 nitrogen and oxygen atoms in total. The first-order valence-electron chi connectivity index (χ1n) is 11.1. The van der Waals surface area contributed by atoms with Gasteiger partial charge in [-0.1, -0.05) is 72.8 Å². The Morgan fingerprint density at radius 2 is 1.45 bits per heavy atom. The van der Waals surface area contributed by atoms with Gasteiger partial charge in [0, 0.05) is 32.7 Å². The third kappa shape index (κ3) is 3.89. The molecule has 150 valence electrons. The normalized spacial score (nSPS) is 26.4. The minimum Gasteiger partial charge on any atom is -0.339 e. The molecule has 0 spiro atoms. The van der Waals surface area contributed by atoms with E-state index >= 15 is 0 Å². The van der Waals surface area contributed by atoms with Gasteiger partial charge in [0.2, 0.25) is 5.91 Å². The molecule has 0 unspecified atom stereocenters. The standard InChI is InChI=1S/C26H30N2O/c29-26(25(21-7-3-1-4-8-21)22-9-5-2-6-10-22)28-15-13-27(14-16-28)19-24-18-20-11-12-23(24)17-20/h1-12,20,23-25H,13-19H2/t20-,23-,24+/m0/s1. The summed E-state index contributed by atoms with van der Waals surface area (Å²) >= 11 is 0. The monoisotopic (exact) mass is 386 g/mol. The van der Waals surface area contributed by atoms with Crippen LogP contribution in [-0.4, -0.2) is 48.4 Å². The number of rotatable bonds is 5. The number of carbonyl (C=O) groups is 1. The van der Waals surface area contributed by atoms with Gasteiger partial charge < -0.3 is 4.90 Å². The fourth-order valence-electron chi connectivity index (χ4n) is 5.54. The highest BCUT2D eigenvalue weighted by atomic mass is 16.2. The topological polar surface area (TPSA) is 23.6 Å². The second kappa shape index (κ2) is 8.16. The molecule has 5 rings (SSSR count). The zero-order valence-electron chi connectivity index (χ0n) is 17.0. The van der Waals surface area contributed by atoms with Crippen LogP contribution in [0.15, 0.2) is 72.8 Å². The van der Waals surface area contributed by atoms with E-state index in [1.807, 2.05) is 36.4 Å². The Bertz CT molecular complexity index is 815. The van der Waals surface area contributed by atoms with Gasteiger partial charge in [0.25, 0.3) is 0 Å². The van der Waals surface area contributed by atoms with Gasteiger partial charge in [-0.05, 0) is 41.7 Å².